The highest BCUT2D eigenvalue weighted by atomic mass is 19.1. The lowest BCUT2D eigenvalue weighted by molar-refractivity contribution is -0.153. The number of barbiturate groups is 1. The van der Waals surface area contributed by atoms with Gasteiger partial charge in [-0.1, -0.05) is 5.16 Å². The third-order valence-corrected chi connectivity index (χ3v) is 7.20. The molecule has 212 valence electrons. The van der Waals surface area contributed by atoms with Crippen molar-refractivity contribution in [3.63, 3.8) is 0 Å². The van der Waals surface area contributed by atoms with Gasteiger partial charge in [-0.15, -0.1) is 0 Å². The number of carbonyl (C=O) groups excluding carboxylic acids is 4. The van der Waals surface area contributed by atoms with Crippen LogP contribution in [-0.2, 0) is 35.0 Å². The van der Waals surface area contributed by atoms with Crippen LogP contribution in [0, 0.1) is 11.2 Å². The van der Waals surface area contributed by atoms with Gasteiger partial charge in [-0.2, -0.15) is 0 Å². The van der Waals surface area contributed by atoms with Crippen molar-refractivity contribution in [3.8, 4) is 0 Å². The highest BCUT2D eigenvalue weighted by Crippen LogP contribution is 2.49. The molecule has 5 rings (SSSR count). The fourth-order valence-corrected chi connectivity index (χ4v) is 5.67. The minimum Gasteiger partial charge on any atom is -0.388 e. The van der Waals surface area contributed by atoms with Crippen LogP contribution in [0.15, 0.2) is 10.6 Å². The average molecular weight is 550 g/mol. The molecule has 2 N–H and O–H groups in total. The van der Waals surface area contributed by atoms with Gasteiger partial charge in [-0.05, 0) is 32.4 Å². The van der Waals surface area contributed by atoms with E-state index in [9.17, 15) is 19.2 Å². The fourth-order valence-electron chi connectivity index (χ4n) is 5.67. The number of hydrogen-bond acceptors (Lipinski definition) is 10. The number of fused-ring (bicyclic) bond motifs is 5. The van der Waals surface area contributed by atoms with Crippen molar-refractivity contribution < 1.29 is 42.3 Å². The summed E-state index contributed by atoms with van der Waals surface area (Å²) in [6.07, 6.45) is -0.980. The van der Waals surface area contributed by atoms with E-state index in [1.807, 2.05) is 0 Å². The number of nitrogens with one attached hydrogen (secondary N) is 2. The van der Waals surface area contributed by atoms with Crippen LogP contribution in [-0.4, -0.2) is 88.2 Å². The molecule has 1 spiro atoms. The minimum absolute atomic E-state index is 0.0817. The highest BCUT2D eigenvalue weighted by Gasteiger charge is 2.63. The second-order valence-electron chi connectivity index (χ2n) is 9.93. The van der Waals surface area contributed by atoms with Crippen molar-refractivity contribution in [1.29, 1.82) is 0 Å². The summed E-state index contributed by atoms with van der Waals surface area (Å²) in [6, 6.07) is -0.229. The Balaban J connectivity index is 0.00000112. The molecule has 14 heteroatoms. The molecule has 3 aliphatic rings. The number of morpholine rings is 1. The number of hydrogen-bond donors (Lipinski definition) is 2. The van der Waals surface area contributed by atoms with Crippen molar-refractivity contribution in [3.05, 3.63) is 17.4 Å². The Kier molecular flexibility index (Phi) is 7.91. The first-order valence-corrected chi connectivity index (χ1v) is 12.4. The molecule has 0 aliphatic carbocycles. The number of aromatic nitrogens is 1. The maximum atomic E-state index is 16.1. The Morgan fingerprint density at radius 1 is 1.26 bits per heavy atom. The summed E-state index contributed by atoms with van der Waals surface area (Å²) in [5, 5.41) is 8.54. The minimum atomic E-state index is -1.76. The van der Waals surface area contributed by atoms with E-state index in [4.69, 9.17) is 14.0 Å². The van der Waals surface area contributed by atoms with Gasteiger partial charge >= 0.3 is 6.03 Å². The second kappa shape index (κ2) is 10.9. The third-order valence-electron chi connectivity index (χ3n) is 7.20. The Bertz CT molecular complexity index is 1280. The molecule has 13 nitrogen and oxygen atoms in total. The quantitative estimate of drug-likeness (QED) is 0.410. The number of nitrogens with zero attached hydrogens (tertiary/aromatic N) is 3. The summed E-state index contributed by atoms with van der Waals surface area (Å²) in [4.78, 5) is 53.2. The Morgan fingerprint density at radius 3 is 2.49 bits per heavy atom. The molecular formula is C25H32FN5O8. The van der Waals surface area contributed by atoms with Gasteiger partial charge in [0.05, 0.1) is 42.0 Å². The van der Waals surface area contributed by atoms with Crippen LogP contribution in [0.2, 0.25) is 0 Å². The number of imide groups is 2. The molecule has 4 heterocycles. The fraction of sp³-hybridized carbons (Fsp3) is 0.560. The molecule has 3 aliphatic heterocycles. The normalized spacial score (nSPS) is 24.2. The molecule has 2 aromatic rings. The van der Waals surface area contributed by atoms with Crippen molar-refractivity contribution in [2.75, 3.05) is 44.2 Å². The van der Waals surface area contributed by atoms with E-state index in [1.165, 1.54) is 12.0 Å². The topological polar surface area (TPSA) is 153 Å². The van der Waals surface area contributed by atoms with Crippen LogP contribution in [0.25, 0.3) is 11.0 Å². The van der Waals surface area contributed by atoms with Crippen LogP contribution < -0.4 is 20.4 Å². The SMILES string of the molecule is COC.COC(C)CN(C=O)c1noc2c(F)c3c(cc12)CC1(C(=O)NC(=O)NC1=O)C1C(C)OC(C)CN31. The number of ether oxygens (including phenoxy) is 3. The smallest absolute Gasteiger partial charge is 0.328 e. The monoisotopic (exact) mass is 549 g/mol. The van der Waals surface area contributed by atoms with Crippen LogP contribution >= 0.6 is 0 Å². The highest BCUT2D eigenvalue weighted by molar-refractivity contribution is 6.20. The number of methoxy groups -OCH3 is 2. The van der Waals surface area contributed by atoms with E-state index >= 15 is 4.39 Å². The maximum Gasteiger partial charge on any atom is 0.328 e. The van der Waals surface area contributed by atoms with Gasteiger partial charge in [0.1, 0.15) is 0 Å². The first-order valence-electron chi connectivity index (χ1n) is 12.4. The molecule has 1 aromatic heterocycles. The standard InChI is InChI=1S/C23H26FN5O7.C2H6O/c1-10(34-4)7-28(9-30)19-14-5-13-6-23(20(31)25-22(33)26-21(23)32)18-12(3)35-11(2)8-29(18)16(13)15(24)17(14)36-27-19;1-3-2/h5,9-12,18H,6-8H2,1-4H3,(H2,25,26,31,32,33);1-2H3. The summed E-state index contributed by atoms with van der Waals surface area (Å²) < 4.78 is 36.9. The first kappa shape index (κ1) is 28.4. The van der Waals surface area contributed by atoms with Crippen LogP contribution in [0.3, 0.4) is 0 Å². The summed E-state index contributed by atoms with van der Waals surface area (Å²) in [5.74, 6) is -2.20. The number of carbonyl (C=O) groups is 4. The largest absolute Gasteiger partial charge is 0.388 e. The molecule has 4 unspecified atom stereocenters. The Morgan fingerprint density at radius 2 is 1.90 bits per heavy atom. The number of anilines is 2. The summed E-state index contributed by atoms with van der Waals surface area (Å²) in [6.45, 7) is 5.60. The van der Waals surface area contributed by atoms with Gasteiger partial charge in [0.2, 0.25) is 23.8 Å². The van der Waals surface area contributed by atoms with E-state index < -0.39 is 41.2 Å². The van der Waals surface area contributed by atoms with Crippen LogP contribution in [0.1, 0.15) is 26.3 Å². The van der Waals surface area contributed by atoms with E-state index in [2.05, 4.69) is 20.5 Å². The van der Waals surface area contributed by atoms with E-state index in [0.717, 1.165) is 0 Å². The lowest BCUT2D eigenvalue weighted by atomic mass is 9.66. The summed E-state index contributed by atoms with van der Waals surface area (Å²) in [7, 11) is 4.75. The second-order valence-corrected chi connectivity index (χ2v) is 9.93. The van der Waals surface area contributed by atoms with Gasteiger partial charge in [0.15, 0.2) is 17.1 Å². The molecule has 39 heavy (non-hydrogen) atoms. The van der Waals surface area contributed by atoms with E-state index in [0.29, 0.717) is 12.0 Å². The lowest BCUT2D eigenvalue weighted by Gasteiger charge is -2.55. The zero-order valence-electron chi connectivity index (χ0n) is 22.6. The molecule has 1 aromatic carbocycles. The maximum absolute atomic E-state index is 16.1. The number of benzene rings is 1. The van der Waals surface area contributed by atoms with Gasteiger partial charge in [0, 0.05) is 34.3 Å². The van der Waals surface area contributed by atoms with Gasteiger partial charge in [-0.3, -0.25) is 29.9 Å². The molecule has 5 amide bonds. The van der Waals surface area contributed by atoms with Gasteiger partial charge in [-0.25, -0.2) is 9.18 Å². The average Bonchev–Trinajstić information content (AvgIpc) is 3.29. The summed E-state index contributed by atoms with van der Waals surface area (Å²) in [5.41, 5.74) is -1.40. The molecular weight excluding hydrogens is 517 g/mol. The van der Waals surface area contributed by atoms with Crippen LogP contribution in [0.4, 0.5) is 20.7 Å². The third kappa shape index (κ3) is 4.61. The first-order chi connectivity index (χ1) is 18.5. The van der Waals surface area contributed by atoms with E-state index in [1.54, 1.807) is 46.0 Å². The molecule has 4 atom stereocenters. The summed E-state index contributed by atoms with van der Waals surface area (Å²) >= 11 is 0. The van der Waals surface area contributed by atoms with Gasteiger partial charge in [0.25, 0.3) is 0 Å². The predicted molar refractivity (Wildman–Crippen MR) is 136 cm³/mol. The number of halogens is 1. The lowest BCUT2D eigenvalue weighted by Crippen LogP contribution is -2.75. The molecule has 0 bridgehead atoms. The number of rotatable bonds is 5. The van der Waals surface area contributed by atoms with Crippen molar-refractivity contribution in [1.82, 2.24) is 15.8 Å². The van der Waals surface area contributed by atoms with Crippen molar-refractivity contribution in [2.45, 2.75) is 51.5 Å². The number of urea groups is 1. The number of amides is 5. The van der Waals surface area contributed by atoms with Crippen LogP contribution in [0.5, 0.6) is 0 Å². The zero-order valence-corrected chi connectivity index (χ0v) is 22.6. The molecule has 0 radical (unpaired) electrons. The Hall–Kier alpha value is -3.62. The zero-order chi connectivity index (χ0) is 28.6. The van der Waals surface area contributed by atoms with E-state index in [-0.39, 0.29) is 54.2 Å². The molecule has 2 saturated heterocycles. The Labute approximate surface area is 223 Å². The molecule has 0 saturated carbocycles. The van der Waals surface area contributed by atoms with Gasteiger partial charge < -0.3 is 23.6 Å². The molecule has 2 fully saturated rings. The van der Waals surface area contributed by atoms with Crippen molar-refractivity contribution in [2.24, 2.45) is 5.41 Å². The predicted octanol–water partition coefficient (Wildman–Crippen LogP) is 1.12. The van der Waals surface area contributed by atoms with Crippen molar-refractivity contribution >= 4 is 46.7 Å².